The third kappa shape index (κ3) is 5.36. The van der Waals surface area contributed by atoms with E-state index in [1.165, 1.54) is 24.0 Å². The van der Waals surface area contributed by atoms with E-state index in [0.29, 0.717) is 11.4 Å². The molecule has 0 unspecified atom stereocenters. The van der Waals surface area contributed by atoms with Crippen LogP contribution >= 0.6 is 47.8 Å². The molecule has 0 atom stereocenters. The highest BCUT2D eigenvalue weighted by atomic mass is 79.9. The van der Waals surface area contributed by atoms with Crippen LogP contribution < -0.4 is 15.6 Å². The molecule has 0 saturated heterocycles. The maximum Gasteiger partial charge on any atom is 0.276 e. The Hall–Kier alpha value is -1.31. The number of benzene rings is 2. The van der Waals surface area contributed by atoms with Gasteiger partial charge in [-0.3, -0.25) is 15.6 Å². The first kappa shape index (κ1) is 20.4. The minimum absolute atomic E-state index is 0.122. The minimum Gasteiger partial charge on any atom is -0.481 e. The van der Waals surface area contributed by atoms with Gasteiger partial charge < -0.3 is 4.74 Å². The Morgan fingerprint density at radius 2 is 1.67 bits per heavy atom. The van der Waals surface area contributed by atoms with Gasteiger partial charge in [-0.05, 0) is 92.4 Å². The first-order chi connectivity index (χ1) is 12.9. The van der Waals surface area contributed by atoms with Crippen molar-refractivity contribution in [2.75, 3.05) is 6.61 Å². The van der Waals surface area contributed by atoms with Gasteiger partial charge in [-0.2, -0.15) is 0 Å². The van der Waals surface area contributed by atoms with Gasteiger partial charge in [-0.25, -0.2) is 0 Å². The van der Waals surface area contributed by atoms with Crippen LogP contribution in [-0.2, 0) is 17.6 Å². The molecule has 27 heavy (non-hydrogen) atoms. The van der Waals surface area contributed by atoms with Gasteiger partial charge in [0.1, 0.15) is 5.75 Å². The van der Waals surface area contributed by atoms with Gasteiger partial charge in [0.2, 0.25) is 0 Å². The van der Waals surface area contributed by atoms with Crippen molar-refractivity contribution in [3.8, 4) is 5.75 Å². The fourth-order valence-electron chi connectivity index (χ4n) is 2.98. The van der Waals surface area contributed by atoms with Gasteiger partial charge in [0.05, 0.1) is 14.6 Å². The standard InChI is InChI=1S/C20H19Br3N2O2/c1-12(14-7-6-13-4-2-3-5-15(13)8-14)24-25-19(26)11-27-20-17(22)9-16(21)10-18(20)23/h6-10,24H,1-5,11H2,(H,25,26). The number of hydrogen-bond acceptors (Lipinski definition) is 3. The first-order valence-corrected chi connectivity index (χ1v) is 10.9. The molecule has 1 aliphatic carbocycles. The van der Waals surface area contributed by atoms with E-state index >= 15 is 0 Å². The number of fused-ring (bicyclic) bond motifs is 1. The van der Waals surface area contributed by atoms with E-state index in [1.54, 1.807) is 0 Å². The highest BCUT2D eigenvalue weighted by Crippen LogP contribution is 2.36. The van der Waals surface area contributed by atoms with E-state index in [4.69, 9.17) is 4.74 Å². The summed E-state index contributed by atoms with van der Waals surface area (Å²) >= 11 is 10.2. The Balaban J connectivity index is 1.53. The van der Waals surface area contributed by atoms with Crippen LogP contribution in [0, 0.1) is 0 Å². The Morgan fingerprint density at radius 1 is 1.00 bits per heavy atom. The van der Waals surface area contributed by atoms with Gasteiger partial charge >= 0.3 is 0 Å². The molecular weight excluding hydrogens is 540 g/mol. The Labute approximate surface area is 184 Å². The lowest BCUT2D eigenvalue weighted by atomic mass is 9.90. The summed E-state index contributed by atoms with van der Waals surface area (Å²) in [5.41, 5.74) is 9.93. The fraction of sp³-hybridized carbons (Fsp3) is 0.250. The average molecular weight is 559 g/mol. The maximum atomic E-state index is 12.1. The predicted octanol–water partition coefficient (Wildman–Crippen LogP) is 5.52. The van der Waals surface area contributed by atoms with Crippen LogP contribution in [-0.4, -0.2) is 12.5 Å². The van der Waals surface area contributed by atoms with E-state index in [2.05, 4.69) is 77.4 Å². The number of hydrazine groups is 1. The van der Waals surface area contributed by atoms with Crippen molar-refractivity contribution >= 4 is 59.4 Å². The van der Waals surface area contributed by atoms with Crippen molar-refractivity contribution in [3.63, 3.8) is 0 Å². The maximum absolute atomic E-state index is 12.1. The smallest absolute Gasteiger partial charge is 0.276 e. The SMILES string of the molecule is C=C(NNC(=O)COc1c(Br)cc(Br)cc1Br)c1ccc2c(c1)CCCC2. The number of halogens is 3. The Kier molecular flexibility index (Phi) is 7.00. The number of carbonyl (C=O) groups is 1. The monoisotopic (exact) mass is 556 g/mol. The molecule has 0 radical (unpaired) electrons. The van der Waals surface area contributed by atoms with E-state index in [1.807, 2.05) is 18.2 Å². The molecule has 0 aromatic heterocycles. The molecule has 0 bridgehead atoms. The molecule has 1 amide bonds. The summed E-state index contributed by atoms with van der Waals surface area (Å²) in [7, 11) is 0. The third-order valence-electron chi connectivity index (χ3n) is 4.36. The summed E-state index contributed by atoms with van der Waals surface area (Å²) in [6.45, 7) is 3.89. The quantitative estimate of drug-likeness (QED) is 0.459. The van der Waals surface area contributed by atoms with Gasteiger partial charge in [-0.1, -0.05) is 34.6 Å². The van der Waals surface area contributed by atoms with E-state index in [0.717, 1.165) is 31.8 Å². The first-order valence-electron chi connectivity index (χ1n) is 8.57. The lowest BCUT2D eigenvalue weighted by Crippen LogP contribution is -2.39. The number of ether oxygens (including phenoxy) is 1. The number of hydrogen-bond donors (Lipinski definition) is 2. The van der Waals surface area contributed by atoms with Gasteiger partial charge in [-0.15, -0.1) is 0 Å². The average Bonchev–Trinajstić information content (AvgIpc) is 2.64. The second kappa shape index (κ2) is 9.26. The van der Waals surface area contributed by atoms with Crippen molar-refractivity contribution in [3.05, 3.63) is 67.0 Å². The summed E-state index contributed by atoms with van der Waals surface area (Å²) in [6.07, 6.45) is 4.73. The van der Waals surface area contributed by atoms with Crippen LogP contribution in [0.15, 0.2) is 50.3 Å². The second-order valence-electron chi connectivity index (χ2n) is 6.33. The summed E-state index contributed by atoms with van der Waals surface area (Å²) in [6, 6.07) is 10.1. The van der Waals surface area contributed by atoms with Crippen LogP contribution in [0.1, 0.15) is 29.5 Å². The molecule has 0 aliphatic heterocycles. The Morgan fingerprint density at radius 3 is 2.37 bits per heavy atom. The molecule has 7 heteroatoms. The number of amides is 1. The molecule has 4 nitrogen and oxygen atoms in total. The van der Waals surface area contributed by atoms with Crippen LogP contribution in [0.5, 0.6) is 5.75 Å². The largest absolute Gasteiger partial charge is 0.481 e. The molecule has 0 heterocycles. The van der Waals surface area contributed by atoms with Crippen molar-refractivity contribution in [2.24, 2.45) is 0 Å². The van der Waals surface area contributed by atoms with Gasteiger partial charge in [0.25, 0.3) is 5.91 Å². The number of nitrogens with one attached hydrogen (secondary N) is 2. The molecule has 3 rings (SSSR count). The number of carbonyl (C=O) groups excluding carboxylic acids is 1. The zero-order chi connectivity index (χ0) is 19.4. The zero-order valence-corrected chi connectivity index (χ0v) is 19.3. The van der Waals surface area contributed by atoms with Crippen molar-refractivity contribution in [1.29, 1.82) is 0 Å². The summed E-state index contributed by atoms with van der Waals surface area (Å²) in [4.78, 5) is 12.1. The molecule has 0 spiro atoms. The Bertz CT molecular complexity index is 861. The summed E-state index contributed by atoms with van der Waals surface area (Å²) < 4.78 is 8.01. The number of aryl methyl sites for hydroxylation is 2. The molecule has 0 saturated carbocycles. The molecule has 2 N–H and O–H groups in total. The van der Waals surface area contributed by atoms with Crippen molar-refractivity contribution in [1.82, 2.24) is 10.9 Å². The van der Waals surface area contributed by atoms with Crippen LogP contribution in [0.4, 0.5) is 0 Å². The zero-order valence-electron chi connectivity index (χ0n) is 14.6. The normalized spacial score (nSPS) is 12.9. The molecular formula is C20H19Br3N2O2. The number of rotatable bonds is 6. The minimum atomic E-state index is -0.296. The molecule has 1 aliphatic rings. The van der Waals surface area contributed by atoms with E-state index in [9.17, 15) is 4.79 Å². The summed E-state index contributed by atoms with van der Waals surface area (Å²) in [5.74, 6) is 0.276. The summed E-state index contributed by atoms with van der Waals surface area (Å²) in [5, 5.41) is 0. The van der Waals surface area contributed by atoms with Crippen LogP contribution in [0.25, 0.3) is 5.70 Å². The topological polar surface area (TPSA) is 50.4 Å². The molecule has 2 aromatic rings. The van der Waals surface area contributed by atoms with Crippen LogP contribution in [0.3, 0.4) is 0 Å². The van der Waals surface area contributed by atoms with E-state index < -0.39 is 0 Å². The lowest BCUT2D eigenvalue weighted by molar-refractivity contribution is -0.123. The van der Waals surface area contributed by atoms with Crippen molar-refractivity contribution < 1.29 is 9.53 Å². The van der Waals surface area contributed by atoms with Crippen LogP contribution in [0.2, 0.25) is 0 Å². The fourth-order valence-corrected chi connectivity index (χ4v) is 5.47. The van der Waals surface area contributed by atoms with Gasteiger partial charge in [0.15, 0.2) is 6.61 Å². The van der Waals surface area contributed by atoms with Crippen molar-refractivity contribution in [2.45, 2.75) is 25.7 Å². The molecule has 0 fully saturated rings. The molecule has 2 aromatic carbocycles. The molecule has 142 valence electrons. The second-order valence-corrected chi connectivity index (χ2v) is 8.95. The lowest BCUT2D eigenvalue weighted by Gasteiger charge is -2.18. The third-order valence-corrected chi connectivity index (χ3v) is 6.00. The highest BCUT2D eigenvalue weighted by Gasteiger charge is 2.12. The predicted molar refractivity (Wildman–Crippen MR) is 118 cm³/mol. The highest BCUT2D eigenvalue weighted by molar-refractivity contribution is 9.11. The van der Waals surface area contributed by atoms with Gasteiger partial charge in [0, 0.05) is 4.47 Å². The van der Waals surface area contributed by atoms with E-state index in [-0.39, 0.29) is 12.5 Å².